The molecule has 2 atom stereocenters. The Morgan fingerprint density at radius 2 is 1.95 bits per heavy atom. The van der Waals surface area contributed by atoms with Crippen molar-refractivity contribution < 1.29 is 24.2 Å². The summed E-state index contributed by atoms with van der Waals surface area (Å²) in [6, 6.07) is -0.801. The molecule has 1 rings (SSSR count). The first kappa shape index (κ1) is 18.3. The van der Waals surface area contributed by atoms with Gasteiger partial charge in [0.1, 0.15) is 18.2 Å². The van der Waals surface area contributed by atoms with Crippen molar-refractivity contribution in [2.75, 3.05) is 13.1 Å². The molecule has 0 bridgehead atoms. The highest BCUT2D eigenvalue weighted by Crippen LogP contribution is 2.27. The van der Waals surface area contributed by atoms with Gasteiger partial charge in [-0.2, -0.15) is 0 Å². The highest BCUT2D eigenvalue weighted by atomic mass is 16.6. The van der Waals surface area contributed by atoms with Gasteiger partial charge in [-0.3, -0.25) is 4.79 Å². The molecule has 1 unspecified atom stereocenters. The molecule has 1 fully saturated rings. The average molecular weight is 314 g/mol. The number of hydrogen-bond acceptors (Lipinski definition) is 4. The number of alkyl carbamates (subject to hydrolysis) is 1. The molecule has 1 saturated heterocycles. The molecule has 2 amide bonds. The van der Waals surface area contributed by atoms with Crippen LogP contribution in [-0.4, -0.2) is 52.7 Å². The Morgan fingerprint density at radius 1 is 1.32 bits per heavy atom. The predicted octanol–water partition coefficient (Wildman–Crippen LogP) is 1.61. The molecule has 0 radical (unpaired) electrons. The molecule has 0 saturated carbocycles. The highest BCUT2D eigenvalue weighted by Gasteiger charge is 2.39. The maximum absolute atomic E-state index is 12.2. The fourth-order valence-corrected chi connectivity index (χ4v) is 2.61. The molecule has 1 heterocycles. The van der Waals surface area contributed by atoms with E-state index in [0.717, 1.165) is 12.8 Å². The molecular formula is C15H26N2O5. The zero-order valence-electron chi connectivity index (χ0n) is 13.7. The number of carbonyl (C=O) groups is 3. The van der Waals surface area contributed by atoms with Crippen molar-refractivity contribution in [3.63, 3.8) is 0 Å². The zero-order chi connectivity index (χ0) is 16.9. The third-order valence-electron chi connectivity index (χ3n) is 3.47. The van der Waals surface area contributed by atoms with Gasteiger partial charge in [-0.15, -0.1) is 0 Å². The van der Waals surface area contributed by atoms with Gasteiger partial charge in [-0.1, -0.05) is 13.3 Å². The summed E-state index contributed by atoms with van der Waals surface area (Å²) in [6.07, 6.45) is 1.64. The van der Waals surface area contributed by atoms with Gasteiger partial charge < -0.3 is 20.1 Å². The normalized spacial score (nSPS) is 21.5. The Balaban J connectivity index is 2.55. The van der Waals surface area contributed by atoms with E-state index in [-0.39, 0.29) is 12.5 Å². The van der Waals surface area contributed by atoms with Crippen LogP contribution < -0.4 is 5.32 Å². The summed E-state index contributed by atoms with van der Waals surface area (Å²) in [6.45, 7) is 7.39. The third-order valence-corrected chi connectivity index (χ3v) is 3.47. The predicted molar refractivity (Wildman–Crippen MR) is 80.4 cm³/mol. The van der Waals surface area contributed by atoms with E-state index in [2.05, 4.69) is 5.32 Å². The minimum Gasteiger partial charge on any atom is -0.480 e. The molecule has 0 aromatic carbocycles. The van der Waals surface area contributed by atoms with Crippen LogP contribution in [0.3, 0.4) is 0 Å². The molecule has 1 aliphatic rings. The molecule has 7 nitrogen and oxygen atoms in total. The van der Waals surface area contributed by atoms with Crippen molar-refractivity contribution in [3.8, 4) is 0 Å². The Kier molecular flexibility index (Phi) is 6.20. The summed E-state index contributed by atoms with van der Waals surface area (Å²) in [7, 11) is 0. The van der Waals surface area contributed by atoms with Crippen LogP contribution in [0.5, 0.6) is 0 Å². The molecule has 7 heteroatoms. The van der Waals surface area contributed by atoms with E-state index in [4.69, 9.17) is 4.74 Å². The van der Waals surface area contributed by atoms with Crippen molar-refractivity contribution in [3.05, 3.63) is 0 Å². The second-order valence-corrected chi connectivity index (χ2v) is 6.65. The number of ether oxygens (including phenoxy) is 1. The first-order valence-corrected chi connectivity index (χ1v) is 7.63. The molecule has 126 valence electrons. The first-order chi connectivity index (χ1) is 10.1. The van der Waals surface area contributed by atoms with E-state index in [9.17, 15) is 19.5 Å². The summed E-state index contributed by atoms with van der Waals surface area (Å²) in [5, 5.41) is 11.6. The van der Waals surface area contributed by atoms with Gasteiger partial charge in [0, 0.05) is 6.54 Å². The maximum Gasteiger partial charge on any atom is 0.408 e. The number of nitrogens with one attached hydrogen (secondary N) is 1. The van der Waals surface area contributed by atoms with Crippen LogP contribution in [-0.2, 0) is 14.3 Å². The number of rotatable bonds is 5. The number of aliphatic carboxylic acids is 1. The Morgan fingerprint density at radius 3 is 2.45 bits per heavy atom. The van der Waals surface area contributed by atoms with Crippen LogP contribution in [0, 0.1) is 5.92 Å². The van der Waals surface area contributed by atoms with Gasteiger partial charge in [0.05, 0.1) is 0 Å². The van der Waals surface area contributed by atoms with Gasteiger partial charge in [-0.25, -0.2) is 9.59 Å². The summed E-state index contributed by atoms with van der Waals surface area (Å²) in [5.74, 6) is -1.18. The Bertz CT molecular complexity index is 430. The van der Waals surface area contributed by atoms with Crippen LogP contribution in [0.25, 0.3) is 0 Å². The fraction of sp³-hybridized carbons (Fsp3) is 0.800. The topological polar surface area (TPSA) is 95.9 Å². The lowest BCUT2D eigenvalue weighted by atomic mass is 10.0. The number of likely N-dealkylation sites (tertiary alicyclic amines) is 1. The standard InChI is InChI=1S/C15H26N2O5/c1-5-6-10-7-11(13(19)20)17(9-10)12(18)8-16-14(21)22-15(2,3)4/h10-11H,5-9H2,1-4H3,(H,16,21)(H,19,20)/t10-,11?/m1/s1. The van der Waals surface area contributed by atoms with Crippen molar-refractivity contribution in [1.82, 2.24) is 10.2 Å². The number of carboxylic acids is 1. The van der Waals surface area contributed by atoms with Crippen molar-refractivity contribution in [1.29, 1.82) is 0 Å². The number of carbonyl (C=O) groups excluding carboxylic acids is 2. The smallest absolute Gasteiger partial charge is 0.408 e. The summed E-state index contributed by atoms with van der Waals surface area (Å²) in [5.41, 5.74) is -0.642. The summed E-state index contributed by atoms with van der Waals surface area (Å²) in [4.78, 5) is 36.3. The lowest BCUT2D eigenvalue weighted by Crippen LogP contribution is -2.46. The number of hydrogen-bond donors (Lipinski definition) is 2. The third kappa shape index (κ3) is 5.54. The minimum absolute atomic E-state index is 0.205. The van der Waals surface area contributed by atoms with Crippen molar-refractivity contribution in [2.24, 2.45) is 5.92 Å². The minimum atomic E-state index is -0.996. The van der Waals surface area contributed by atoms with E-state index in [1.165, 1.54) is 4.90 Å². The molecule has 1 aliphatic heterocycles. The number of amides is 2. The van der Waals surface area contributed by atoms with Crippen LogP contribution in [0.15, 0.2) is 0 Å². The van der Waals surface area contributed by atoms with Gasteiger partial charge in [-0.05, 0) is 39.5 Å². The lowest BCUT2D eigenvalue weighted by Gasteiger charge is -2.23. The zero-order valence-corrected chi connectivity index (χ0v) is 13.7. The molecule has 22 heavy (non-hydrogen) atoms. The van der Waals surface area contributed by atoms with E-state index in [1.807, 2.05) is 6.92 Å². The number of nitrogens with zero attached hydrogens (tertiary/aromatic N) is 1. The average Bonchev–Trinajstić information content (AvgIpc) is 2.78. The Hall–Kier alpha value is -1.79. The van der Waals surface area contributed by atoms with E-state index < -0.39 is 29.6 Å². The van der Waals surface area contributed by atoms with Crippen LogP contribution in [0.1, 0.15) is 47.0 Å². The molecule has 0 aromatic heterocycles. The second kappa shape index (κ2) is 7.47. The van der Waals surface area contributed by atoms with E-state index in [0.29, 0.717) is 13.0 Å². The molecule has 0 aromatic rings. The van der Waals surface area contributed by atoms with E-state index >= 15 is 0 Å². The van der Waals surface area contributed by atoms with Crippen LogP contribution in [0.2, 0.25) is 0 Å². The Labute approximate surface area is 131 Å². The molecule has 0 aliphatic carbocycles. The highest BCUT2D eigenvalue weighted by molar-refractivity contribution is 5.87. The van der Waals surface area contributed by atoms with Gasteiger partial charge in [0.25, 0.3) is 0 Å². The quantitative estimate of drug-likeness (QED) is 0.804. The SMILES string of the molecule is CCC[C@@H]1CC(C(=O)O)N(C(=O)CNC(=O)OC(C)(C)C)C1. The lowest BCUT2D eigenvalue weighted by molar-refractivity contribution is -0.147. The molecule has 2 N–H and O–H groups in total. The maximum atomic E-state index is 12.2. The fourth-order valence-electron chi connectivity index (χ4n) is 2.61. The monoisotopic (exact) mass is 314 g/mol. The number of carboxylic acid groups (broad SMARTS) is 1. The van der Waals surface area contributed by atoms with Gasteiger partial charge >= 0.3 is 12.1 Å². The second-order valence-electron chi connectivity index (χ2n) is 6.65. The van der Waals surface area contributed by atoms with E-state index in [1.54, 1.807) is 20.8 Å². The van der Waals surface area contributed by atoms with Crippen LogP contribution >= 0.6 is 0 Å². The van der Waals surface area contributed by atoms with Crippen molar-refractivity contribution >= 4 is 18.0 Å². The van der Waals surface area contributed by atoms with Crippen molar-refractivity contribution in [2.45, 2.75) is 58.6 Å². The summed E-state index contributed by atoms with van der Waals surface area (Å²) < 4.78 is 5.05. The molecular weight excluding hydrogens is 288 g/mol. The van der Waals surface area contributed by atoms with Gasteiger partial charge in [0.2, 0.25) is 5.91 Å². The van der Waals surface area contributed by atoms with Crippen LogP contribution in [0.4, 0.5) is 4.79 Å². The largest absolute Gasteiger partial charge is 0.480 e. The summed E-state index contributed by atoms with van der Waals surface area (Å²) >= 11 is 0. The first-order valence-electron chi connectivity index (χ1n) is 7.63. The molecule has 0 spiro atoms. The van der Waals surface area contributed by atoms with Gasteiger partial charge in [0.15, 0.2) is 0 Å².